The number of benzene rings is 1. The molecule has 0 bridgehead atoms. The first-order valence-electron chi connectivity index (χ1n) is 17.1. The van der Waals surface area contributed by atoms with Gasteiger partial charge in [-0.3, -0.25) is 4.79 Å². The van der Waals surface area contributed by atoms with Gasteiger partial charge in [-0.1, -0.05) is 73.6 Å². The monoisotopic (exact) mass is 606 g/mol. The topological polar surface area (TPSA) is 82.6 Å². The number of H-pyrrole nitrogens is 2. The van der Waals surface area contributed by atoms with Gasteiger partial charge in [0, 0.05) is 27.5 Å². The van der Waals surface area contributed by atoms with Crippen LogP contribution in [0.3, 0.4) is 0 Å². The number of nitrogens with one attached hydrogen (secondary N) is 2. The molecule has 0 saturated heterocycles. The second-order valence-corrected chi connectivity index (χ2v) is 12.1. The number of amides is 1. The number of aliphatic imine (C=N–C) groups is 1. The molecule has 0 atom stereocenters. The Labute approximate surface area is 267 Å². The minimum atomic E-state index is -0.521. The Morgan fingerprint density at radius 3 is 1.91 bits per heavy atom. The summed E-state index contributed by atoms with van der Waals surface area (Å²) in [5.74, 6) is 0.730. The Kier molecular flexibility index (Phi) is 9.52. The maximum Gasteiger partial charge on any atom is 0.256 e. The van der Waals surface area contributed by atoms with Crippen molar-refractivity contribution < 1.29 is 9.53 Å². The van der Waals surface area contributed by atoms with E-state index in [0.717, 1.165) is 101 Å². The zero-order valence-corrected chi connectivity index (χ0v) is 28.8. The fourth-order valence-corrected chi connectivity index (χ4v) is 7.79. The van der Waals surface area contributed by atoms with Gasteiger partial charge in [-0.05, 0) is 96.9 Å². The van der Waals surface area contributed by atoms with Crippen LogP contribution in [-0.2, 0) is 40.6 Å². The molecule has 0 saturated carbocycles. The van der Waals surface area contributed by atoms with Crippen LogP contribution >= 0.6 is 0 Å². The lowest BCUT2D eigenvalue weighted by Gasteiger charge is -2.24. The molecule has 238 valence electrons. The molecule has 1 aromatic carbocycles. The molecular weight excluding hydrogens is 556 g/mol. The number of nitrogens with zero attached hydrogens (tertiary/aromatic N) is 2. The van der Waals surface area contributed by atoms with Gasteiger partial charge in [-0.15, -0.1) is 0 Å². The number of para-hydroxylation sites is 1. The van der Waals surface area contributed by atoms with Crippen LogP contribution in [0, 0.1) is 10.6 Å². The average molecular weight is 607 g/mol. The average Bonchev–Trinajstić information content (AvgIpc) is 3.78. The Morgan fingerprint density at radius 2 is 1.36 bits per heavy atom. The number of ether oxygens (including phenoxy) is 1. The highest BCUT2D eigenvalue weighted by Gasteiger charge is 2.41. The Bertz CT molecular complexity index is 1940. The van der Waals surface area contributed by atoms with Crippen LogP contribution in [0.5, 0.6) is 0 Å². The summed E-state index contributed by atoms with van der Waals surface area (Å²) in [4.78, 5) is 30.5. The van der Waals surface area contributed by atoms with E-state index in [9.17, 15) is 4.79 Å². The number of allylic oxidation sites excluding steroid dienone is 1. The van der Waals surface area contributed by atoms with Crippen LogP contribution in [0.1, 0.15) is 120 Å². The molecule has 0 spiro atoms. The van der Waals surface area contributed by atoms with Crippen molar-refractivity contribution in [3.8, 4) is 0 Å². The second-order valence-electron chi connectivity index (χ2n) is 12.1. The third-order valence-corrected chi connectivity index (χ3v) is 10.2. The molecule has 0 aliphatic carbocycles. The van der Waals surface area contributed by atoms with Crippen molar-refractivity contribution in [1.29, 1.82) is 0 Å². The Balaban J connectivity index is 1.78. The molecule has 2 aliphatic heterocycles. The molecule has 3 aromatic rings. The molecule has 2 aromatic heterocycles. The van der Waals surface area contributed by atoms with E-state index in [0.29, 0.717) is 0 Å². The lowest BCUT2D eigenvalue weighted by atomic mass is 9.76. The van der Waals surface area contributed by atoms with E-state index >= 15 is 0 Å². The molecule has 45 heavy (non-hydrogen) atoms. The first-order valence-corrected chi connectivity index (χ1v) is 17.1. The van der Waals surface area contributed by atoms with Gasteiger partial charge in [-0.25, -0.2) is 9.98 Å². The minimum Gasteiger partial charge on any atom is -0.481 e. The fraction of sp³-hybridized carbons (Fsp3) is 0.462. The molecule has 0 radical (unpaired) electrons. The van der Waals surface area contributed by atoms with Crippen molar-refractivity contribution in [2.45, 2.75) is 112 Å². The molecule has 5 rings (SSSR count). The minimum absolute atomic E-state index is 0.00822. The zero-order valence-electron chi connectivity index (χ0n) is 28.8. The molecule has 2 aliphatic rings. The zero-order chi connectivity index (χ0) is 32.5. The molecule has 0 fully saturated rings. The van der Waals surface area contributed by atoms with Gasteiger partial charge >= 0.3 is 0 Å². The van der Waals surface area contributed by atoms with Crippen LogP contribution in [-0.4, -0.2) is 28.9 Å². The predicted octanol–water partition coefficient (Wildman–Crippen LogP) is 7.44. The van der Waals surface area contributed by atoms with E-state index in [1.165, 1.54) is 33.4 Å². The van der Waals surface area contributed by atoms with Crippen molar-refractivity contribution in [2.75, 3.05) is 7.11 Å². The highest BCUT2D eigenvalue weighted by Crippen LogP contribution is 2.35. The first kappa shape index (κ1) is 32.5. The Morgan fingerprint density at radius 1 is 0.733 bits per heavy atom. The van der Waals surface area contributed by atoms with Crippen LogP contribution < -0.4 is 10.7 Å². The van der Waals surface area contributed by atoms with E-state index < -0.39 is 5.41 Å². The van der Waals surface area contributed by atoms with Gasteiger partial charge in [0.25, 0.3) is 5.91 Å². The number of hydrogen-bond donors (Lipinski definition) is 2. The third-order valence-electron chi connectivity index (χ3n) is 10.2. The Hall–Kier alpha value is -3.93. The van der Waals surface area contributed by atoms with E-state index in [2.05, 4.69) is 101 Å². The van der Waals surface area contributed by atoms with E-state index in [1.54, 1.807) is 7.11 Å². The van der Waals surface area contributed by atoms with Gasteiger partial charge in [0.2, 0.25) is 5.90 Å². The summed E-state index contributed by atoms with van der Waals surface area (Å²) in [6.07, 6.45) is 11.5. The molecule has 2 N–H and O–H groups in total. The standard InChI is InChI=1S/C39H50N4O2/c1-10-23-24(11-2)32(22-34-26(13-4)28(15-6)37(42-34)45-9)40-31(23)21-33-25(12-3)27(14-5)35(41-33)29-19-18-20-30-36(29)43-38(44)39(30,16-7)17-8/h18-22,40-41H,10-17H2,1-9H3/b33-21+,34-22-,35-29+. The molecule has 4 heterocycles. The summed E-state index contributed by atoms with van der Waals surface area (Å²) < 4.78 is 5.65. The smallest absolute Gasteiger partial charge is 0.256 e. The van der Waals surface area contributed by atoms with Crippen molar-refractivity contribution in [3.63, 3.8) is 0 Å². The normalized spacial score (nSPS) is 17.8. The highest BCUT2D eigenvalue weighted by molar-refractivity contribution is 6.00. The van der Waals surface area contributed by atoms with Gasteiger partial charge in [0.15, 0.2) is 0 Å². The van der Waals surface area contributed by atoms with Gasteiger partial charge in [0.05, 0.1) is 28.9 Å². The molecular formula is C39H50N4O2. The van der Waals surface area contributed by atoms with Gasteiger partial charge < -0.3 is 14.7 Å². The quantitative estimate of drug-likeness (QED) is 0.251. The second kappa shape index (κ2) is 13.2. The van der Waals surface area contributed by atoms with Crippen LogP contribution in [0.2, 0.25) is 0 Å². The number of fused-ring (bicyclic) bond motifs is 1. The lowest BCUT2D eigenvalue weighted by molar-refractivity contribution is -0.123. The first-order chi connectivity index (χ1) is 21.8. The number of methoxy groups -OCH3 is 1. The van der Waals surface area contributed by atoms with Crippen LogP contribution in [0.15, 0.2) is 45.0 Å². The van der Waals surface area contributed by atoms with Crippen LogP contribution in [0.4, 0.5) is 0 Å². The summed E-state index contributed by atoms with van der Waals surface area (Å²) in [6.45, 7) is 17.5. The SMILES string of the molecule is CCC1=C(CC)/C(=C/c2[nH]c(/C=c3/[nH]/c(=c4\cccc5c4=NC(=O)C5(CC)CC)c(CC)c3CC)c(CC)c2CC)N=C1OC. The van der Waals surface area contributed by atoms with Crippen molar-refractivity contribution in [3.05, 3.63) is 95.5 Å². The van der Waals surface area contributed by atoms with Crippen molar-refractivity contribution >= 4 is 24.0 Å². The summed E-state index contributed by atoms with van der Waals surface area (Å²) in [6, 6.07) is 6.31. The van der Waals surface area contributed by atoms with Gasteiger partial charge in [-0.2, -0.15) is 0 Å². The maximum absolute atomic E-state index is 13.3. The number of aromatic amines is 2. The number of aromatic nitrogens is 2. The van der Waals surface area contributed by atoms with Crippen LogP contribution in [0.25, 0.3) is 12.2 Å². The predicted molar refractivity (Wildman–Crippen MR) is 185 cm³/mol. The van der Waals surface area contributed by atoms with E-state index in [1.807, 2.05) is 0 Å². The number of carbonyl (C=O) groups excluding carboxylic acids is 1. The number of hydrogen-bond acceptors (Lipinski definition) is 3. The van der Waals surface area contributed by atoms with Gasteiger partial charge in [0.1, 0.15) is 0 Å². The summed E-state index contributed by atoms with van der Waals surface area (Å²) in [5.41, 5.74) is 11.5. The lowest BCUT2D eigenvalue weighted by Crippen LogP contribution is -2.31. The third kappa shape index (κ3) is 5.16. The van der Waals surface area contributed by atoms with Crippen molar-refractivity contribution in [1.82, 2.24) is 9.97 Å². The summed E-state index contributed by atoms with van der Waals surface area (Å²) >= 11 is 0. The largest absolute Gasteiger partial charge is 0.481 e. The summed E-state index contributed by atoms with van der Waals surface area (Å²) in [7, 11) is 1.71. The van der Waals surface area contributed by atoms with Crippen molar-refractivity contribution in [2.24, 2.45) is 9.98 Å². The summed E-state index contributed by atoms with van der Waals surface area (Å²) in [5, 5.41) is 4.06. The van der Waals surface area contributed by atoms with E-state index in [4.69, 9.17) is 9.73 Å². The molecule has 6 nitrogen and oxygen atoms in total. The number of carbonyl (C=O) groups is 1. The molecule has 1 amide bonds. The fourth-order valence-electron chi connectivity index (χ4n) is 7.79. The molecule has 6 heteroatoms. The highest BCUT2D eigenvalue weighted by atomic mass is 16.5. The maximum atomic E-state index is 13.3. The number of rotatable bonds is 10. The molecule has 0 unspecified atom stereocenters. The van der Waals surface area contributed by atoms with E-state index in [-0.39, 0.29) is 5.91 Å².